The van der Waals surface area contributed by atoms with E-state index < -0.39 is 17.5 Å². The molecule has 1 aromatic heterocycles. The van der Waals surface area contributed by atoms with Crippen molar-refractivity contribution >= 4 is 11.9 Å². The minimum absolute atomic E-state index is 0.0922. The van der Waals surface area contributed by atoms with Gasteiger partial charge in [-0.05, 0) is 45.7 Å². The fraction of sp³-hybridized carbons (Fsp3) is 0.667. The Balaban J connectivity index is 1.65. The average molecular weight is 371 g/mol. The number of amides is 1. The fourth-order valence-electron chi connectivity index (χ4n) is 3.64. The van der Waals surface area contributed by atoms with E-state index in [-0.39, 0.29) is 11.5 Å². The Bertz CT molecular complexity index is 679. The summed E-state index contributed by atoms with van der Waals surface area (Å²) in [5.74, 6) is 0.342. The summed E-state index contributed by atoms with van der Waals surface area (Å²) in [7, 11) is 0. The summed E-state index contributed by atoms with van der Waals surface area (Å²) in [6, 6.07) is 3.98. The lowest BCUT2D eigenvalue weighted by Crippen LogP contribution is -2.64. The van der Waals surface area contributed by atoms with Crippen LogP contribution in [0.2, 0.25) is 0 Å². The third-order valence-electron chi connectivity index (χ3n) is 4.71. The van der Waals surface area contributed by atoms with Crippen LogP contribution in [0.5, 0.6) is 0 Å². The summed E-state index contributed by atoms with van der Waals surface area (Å²) < 4.78 is 44.1. The molecular weight excluding hydrogens is 347 g/mol. The van der Waals surface area contributed by atoms with Gasteiger partial charge < -0.3 is 14.5 Å². The molecule has 1 amide bonds. The van der Waals surface area contributed by atoms with Crippen LogP contribution in [0.1, 0.15) is 39.3 Å². The maximum absolute atomic E-state index is 12.9. The Morgan fingerprint density at radius 1 is 1.19 bits per heavy atom. The zero-order chi connectivity index (χ0) is 19.2. The monoisotopic (exact) mass is 371 g/mol. The smallest absolute Gasteiger partial charge is 0.433 e. The number of pyridine rings is 1. The average Bonchev–Trinajstić information content (AvgIpc) is 2.50. The number of piperidine rings is 1. The highest BCUT2D eigenvalue weighted by molar-refractivity contribution is 5.69. The van der Waals surface area contributed by atoms with Gasteiger partial charge in [-0.25, -0.2) is 9.78 Å². The van der Waals surface area contributed by atoms with Crippen LogP contribution in [0.15, 0.2) is 18.2 Å². The Hall–Kier alpha value is -1.99. The molecule has 0 unspecified atom stereocenters. The molecule has 0 aromatic carbocycles. The fourth-order valence-corrected chi connectivity index (χ4v) is 3.64. The lowest BCUT2D eigenvalue weighted by atomic mass is 9.73. The number of rotatable bonds is 1. The molecule has 1 spiro atoms. The van der Waals surface area contributed by atoms with E-state index >= 15 is 0 Å². The summed E-state index contributed by atoms with van der Waals surface area (Å²) >= 11 is 0. The van der Waals surface area contributed by atoms with Gasteiger partial charge in [-0.2, -0.15) is 13.2 Å². The molecule has 3 heterocycles. The van der Waals surface area contributed by atoms with E-state index in [1.54, 1.807) is 11.0 Å². The van der Waals surface area contributed by atoms with Crippen molar-refractivity contribution in [2.45, 2.75) is 45.4 Å². The maximum Gasteiger partial charge on any atom is 0.433 e. The molecule has 0 N–H and O–H groups in total. The van der Waals surface area contributed by atoms with E-state index in [9.17, 15) is 18.0 Å². The zero-order valence-corrected chi connectivity index (χ0v) is 15.3. The molecule has 1 aromatic rings. The van der Waals surface area contributed by atoms with Crippen LogP contribution in [0, 0.1) is 5.41 Å². The molecule has 2 aliphatic heterocycles. The number of carbonyl (C=O) groups excluding carboxylic acids is 1. The number of aromatic nitrogens is 1. The third kappa shape index (κ3) is 4.04. The molecule has 2 saturated heterocycles. The van der Waals surface area contributed by atoms with Gasteiger partial charge in [0.05, 0.1) is 0 Å². The first kappa shape index (κ1) is 18.8. The first-order chi connectivity index (χ1) is 12.0. The maximum atomic E-state index is 12.9. The summed E-state index contributed by atoms with van der Waals surface area (Å²) in [4.78, 5) is 19.5. The number of ether oxygens (including phenoxy) is 1. The van der Waals surface area contributed by atoms with Crippen molar-refractivity contribution in [3.63, 3.8) is 0 Å². The van der Waals surface area contributed by atoms with E-state index in [0.29, 0.717) is 32.0 Å². The van der Waals surface area contributed by atoms with Gasteiger partial charge in [-0.1, -0.05) is 6.07 Å². The highest BCUT2D eigenvalue weighted by Gasteiger charge is 2.48. The van der Waals surface area contributed by atoms with E-state index in [1.165, 1.54) is 6.07 Å². The van der Waals surface area contributed by atoms with Gasteiger partial charge in [0.2, 0.25) is 0 Å². The summed E-state index contributed by atoms with van der Waals surface area (Å²) in [6.07, 6.45) is -2.98. The van der Waals surface area contributed by atoms with E-state index in [2.05, 4.69) is 4.98 Å². The number of halogens is 3. The van der Waals surface area contributed by atoms with Crippen LogP contribution in [0.4, 0.5) is 23.8 Å². The van der Waals surface area contributed by atoms with Crippen molar-refractivity contribution in [1.82, 2.24) is 9.88 Å². The number of likely N-dealkylation sites (tertiary alicyclic amines) is 1. The van der Waals surface area contributed by atoms with Crippen LogP contribution in [-0.4, -0.2) is 47.8 Å². The summed E-state index contributed by atoms with van der Waals surface area (Å²) in [5.41, 5.74) is -1.51. The lowest BCUT2D eigenvalue weighted by Gasteiger charge is -2.54. The van der Waals surface area contributed by atoms with Crippen LogP contribution in [0.25, 0.3) is 0 Å². The predicted octanol–water partition coefficient (Wildman–Crippen LogP) is 3.94. The molecular formula is C18H24F3N3O2. The molecule has 0 aliphatic carbocycles. The number of alkyl halides is 3. The molecule has 2 fully saturated rings. The Labute approximate surface area is 151 Å². The quantitative estimate of drug-likeness (QED) is 0.750. The van der Waals surface area contributed by atoms with Crippen molar-refractivity contribution in [3.8, 4) is 0 Å². The second-order valence-corrected chi connectivity index (χ2v) is 8.24. The number of carbonyl (C=O) groups is 1. The molecule has 2 aliphatic rings. The predicted molar refractivity (Wildman–Crippen MR) is 90.9 cm³/mol. The van der Waals surface area contributed by atoms with Crippen molar-refractivity contribution < 1.29 is 22.7 Å². The van der Waals surface area contributed by atoms with E-state index in [0.717, 1.165) is 18.9 Å². The van der Waals surface area contributed by atoms with Gasteiger partial charge >= 0.3 is 12.3 Å². The lowest BCUT2D eigenvalue weighted by molar-refractivity contribution is -0.141. The Morgan fingerprint density at radius 2 is 1.88 bits per heavy atom. The Morgan fingerprint density at radius 3 is 2.50 bits per heavy atom. The molecule has 0 bridgehead atoms. The second kappa shape index (κ2) is 6.32. The Kier molecular flexibility index (Phi) is 4.56. The van der Waals surface area contributed by atoms with Gasteiger partial charge in [-0.3, -0.25) is 0 Å². The third-order valence-corrected chi connectivity index (χ3v) is 4.71. The highest BCUT2D eigenvalue weighted by atomic mass is 19.4. The zero-order valence-electron chi connectivity index (χ0n) is 15.3. The largest absolute Gasteiger partial charge is 0.444 e. The van der Waals surface area contributed by atoms with Crippen LogP contribution in [0.3, 0.4) is 0 Å². The minimum Gasteiger partial charge on any atom is -0.444 e. The van der Waals surface area contributed by atoms with Gasteiger partial charge in [-0.15, -0.1) is 0 Å². The minimum atomic E-state index is -4.45. The SMILES string of the molecule is CC(C)(C)OC(=O)N1CC2(CCCN(c3cccc(C(F)(F)F)n3)C2)C1. The molecule has 26 heavy (non-hydrogen) atoms. The summed E-state index contributed by atoms with van der Waals surface area (Å²) in [6.45, 7) is 7.87. The first-order valence-electron chi connectivity index (χ1n) is 8.75. The number of nitrogens with zero attached hydrogens (tertiary/aromatic N) is 3. The van der Waals surface area contributed by atoms with Crippen molar-refractivity contribution in [2.24, 2.45) is 5.41 Å². The van der Waals surface area contributed by atoms with Gasteiger partial charge in [0.25, 0.3) is 0 Å². The first-order valence-corrected chi connectivity index (χ1v) is 8.75. The molecule has 144 valence electrons. The normalized spacial score (nSPS) is 20.1. The van der Waals surface area contributed by atoms with Gasteiger partial charge in [0.15, 0.2) is 0 Å². The van der Waals surface area contributed by atoms with Gasteiger partial charge in [0, 0.05) is 31.6 Å². The number of anilines is 1. The number of hydrogen-bond donors (Lipinski definition) is 0. The molecule has 8 heteroatoms. The van der Waals surface area contributed by atoms with Crippen molar-refractivity contribution in [3.05, 3.63) is 23.9 Å². The number of hydrogen-bond acceptors (Lipinski definition) is 4. The highest BCUT2D eigenvalue weighted by Crippen LogP contribution is 2.41. The molecule has 5 nitrogen and oxygen atoms in total. The van der Waals surface area contributed by atoms with Gasteiger partial charge in [0.1, 0.15) is 17.1 Å². The molecule has 0 radical (unpaired) electrons. The van der Waals surface area contributed by atoms with Crippen LogP contribution < -0.4 is 4.90 Å². The molecule has 0 atom stereocenters. The molecule has 0 saturated carbocycles. The van der Waals surface area contributed by atoms with E-state index in [4.69, 9.17) is 4.74 Å². The van der Waals surface area contributed by atoms with Crippen LogP contribution >= 0.6 is 0 Å². The van der Waals surface area contributed by atoms with E-state index in [1.807, 2.05) is 25.7 Å². The van der Waals surface area contributed by atoms with Crippen LogP contribution in [-0.2, 0) is 10.9 Å². The standard InChI is InChI=1S/C18H24F3N3O2/c1-16(2,3)26-15(25)24-11-17(12-24)8-5-9-23(10-17)14-7-4-6-13(22-14)18(19,20)21/h4,6-7H,5,8-12H2,1-3H3. The molecule has 3 rings (SSSR count). The van der Waals surface area contributed by atoms with Crippen molar-refractivity contribution in [1.29, 1.82) is 0 Å². The van der Waals surface area contributed by atoms with Crippen molar-refractivity contribution in [2.75, 3.05) is 31.1 Å². The summed E-state index contributed by atoms with van der Waals surface area (Å²) in [5, 5.41) is 0. The topological polar surface area (TPSA) is 45.7 Å². The second-order valence-electron chi connectivity index (χ2n) is 8.24.